The molecule has 0 aliphatic rings. The van der Waals surface area contributed by atoms with Crippen LogP contribution in [0.1, 0.15) is 133 Å². The smallest absolute Gasteiger partial charge is 0.195 e. The van der Waals surface area contributed by atoms with Crippen molar-refractivity contribution < 1.29 is 8.83 Å². The van der Waals surface area contributed by atoms with Crippen molar-refractivity contribution >= 4 is 44.0 Å². The third-order valence-corrected chi connectivity index (χ3v) is 9.96. The first-order valence-electron chi connectivity index (χ1n) is 18.8. The van der Waals surface area contributed by atoms with Gasteiger partial charge in [0.15, 0.2) is 22.9 Å². The number of unbranched alkanes of at least 4 members (excludes halogenated alkanes) is 7. The molecule has 1 unspecified atom stereocenters. The molecule has 0 N–H and O–H groups in total. The Morgan fingerprint density at radius 3 is 2.02 bits per heavy atom. The Bertz CT molecular complexity index is 2080. The first-order chi connectivity index (χ1) is 24.1. The van der Waals surface area contributed by atoms with E-state index in [1.807, 2.05) is 6.07 Å². The van der Waals surface area contributed by atoms with Crippen LogP contribution in [0.4, 0.5) is 0 Å². The molecule has 0 aliphatic heterocycles. The van der Waals surface area contributed by atoms with Crippen LogP contribution in [0.5, 0.6) is 0 Å². The fraction of sp³-hybridized carbons (Fsp3) is 0.455. The highest BCUT2D eigenvalue weighted by Gasteiger charge is 2.19. The molecule has 5 heteroatoms. The molecule has 3 heterocycles. The Hall–Kier alpha value is -4.48. The zero-order chi connectivity index (χ0) is 34.2. The van der Waals surface area contributed by atoms with Crippen LogP contribution in [0.2, 0.25) is 0 Å². The van der Waals surface area contributed by atoms with E-state index in [-0.39, 0.29) is 0 Å². The third-order valence-electron chi connectivity index (χ3n) is 9.96. The van der Waals surface area contributed by atoms with Crippen molar-refractivity contribution in [3.8, 4) is 24.2 Å². The molecule has 49 heavy (non-hydrogen) atoms. The molecule has 3 aromatic carbocycles. The molecule has 0 bridgehead atoms. The minimum Gasteiger partial charge on any atom is -0.441 e. The van der Waals surface area contributed by atoms with E-state index in [4.69, 9.17) is 25.2 Å². The van der Waals surface area contributed by atoms with Crippen LogP contribution in [-0.4, -0.2) is 14.5 Å². The third kappa shape index (κ3) is 7.73. The average Bonchev–Trinajstić information content (AvgIpc) is 3.81. The van der Waals surface area contributed by atoms with Gasteiger partial charge in [-0.2, -0.15) is 0 Å². The molecule has 254 valence electrons. The van der Waals surface area contributed by atoms with Crippen LogP contribution in [-0.2, 0) is 19.4 Å². The molecule has 0 amide bonds. The van der Waals surface area contributed by atoms with Crippen LogP contribution in [0, 0.1) is 30.1 Å². The van der Waals surface area contributed by atoms with E-state index < -0.39 is 0 Å². The van der Waals surface area contributed by atoms with E-state index in [0.717, 1.165) is 83.7 Å². The van der Waals surface area contributed by atoms with Crippen molar-refractivity contribution in [1.29, 1.82) is 0 Å². The summed E-state index contributed by atoms with van der Waals surface area (Å²) in [5.74, 6) is 12.0. The molecule has 0 saturated carbocycles. The van der Waals surface area contributed by atoms with E-state index in [0.29, 0.717) is 11.5 Å². The number of hydrogen-bond donors (Lipinski definition) is 0. The van der Waals surface area contributed by atoms with Gasteiger partial charge in [0, 0.05) is 58.4 Å². The summed E-state index contributed by atoms with van der Waals surface area (Å²) in [5.41, 5.74) is 7.99. The SMILES string of the molecule is C#Cc1ccc2c(c1)c1cc(C#Cc3c4nc(CCCCCC)oc4cc4nc(CCCCCC)oc34)ccc1n2CC(CC)CCCC. The minimum absolute atomic E-state index is 0.630. The lowest BCUT2D eigenvalue weighted by Crippen LogP contribution is -2.10. The molecule has 3 aromatic heterocycles. The highest BCUT2D eigenvalue weighted by molar-refractivity contribution is 6.09. The lowest BCUT2D eigenvalue weighted by Gasteiger charge is -2.17. The second-order valence-electron chi connectivity index (χ2n) is 13.7. The molecule has 0 radical (unpaired) electrons. The maximum absolute atomic E-state index is 6.41. The molecule has 0 saturated heterocycles. The van der Waals surface area contributed by atoms with E-state index in [9.17, 15) is 0 Å². The maximum Gasteiger partial charge on any atom is 0.195 e. The van der Waals surface area contributed by atoms with Gasteiger partial charge in [-0.05, 0) is 61.6 Å². The Morgan fingerprint density at radius 2 is 1.37 bits per heavy atom. The van der Waals surface area contributed by atoms with Crippen LogP contribution < -0.4 is 0 Å². The molecule has 0 spiro atoms. The fourth-order valence-corrected chi connectivity index (χ4v) is 7.06. The monoisotopic (exact) mass is 653 g/mol. The van der Waals surface area contributed by atoms with Gasteiger partial charge in [0.25, 0.3) is 0 Å². The summed E-state index contributed by atoms with van der Waals surface area (Å²) in [5, 5.41) is 2.36. The molecule has 1 atom stereocenters. The first kappa shape index (κ1) is 34.4. The van der Waals surface area contributed by atoms with Crippen molar-refractivity contribution in [3.05, 3.63) is 70.9 Å². The lowest BCUT2D eigenvalue weighted by atomic mass is 9.99. The number of terminal acetylenes is 1. The number of hydrogen-bond acceptors (Lipinski definition) is 4. The standard InChI is InChI=1S/C44H51N3O2/c1-6-11-14-16-19-41-45-37-29-40-43(46-42(48-40)20-17-15-12-7-2)34(44(37)49-41)24-21-33-23-26-39-36(28-33)35-27-31(9-4)22-25-38(35)47(39)30-32(10-5)18-13-8-3/h4,22-23,25-29,32H,6-8,10-20,30H2,1-3,5H3. The quantitative estimate of drug-likeness (QED) is 0.0770. The molecular weight excluding hydrogens is 603 g/mol. The molecule has 6 aromatic rings. The van der Waals surface area contributed by atoms with Crippen molar-refractivity contribution in [1.82, 2.24) is 14.5 Å². The molecular formula is C44H51N3O2. The van der Waals surface area contributed by atoms with E-state index in [1.165, 1.54) is 79.6 Å². The van der Waals surface area contributed by atoms with Gasteiger partial charge in [-0.15, -0.1) is 6.42 Å². The lowest BCUT2D eigenvalue weighted by molar-refractivity contribution is 0.401. The van der Waals surface area contributed by atoms with Gasteiger partial charge in [-0.3, -0.25) is 0 Å². The topological polar surface area (TPSA) is 57.0 Å². The number of benzene rings is 3. The van der Waals surface area contributed by atoms with Crippen molar-refractivity contribution in [2.24, 2.45) is 5.92 Å². The summed E-state index contributed by atoms with van der Waals surface area (Å²) in [6, 6.07) is 15.0. The second-order valence-corrected chi connectivity index (χ2v) is 13.7. The van der Waals surface area contributed by atoms with Crippen LogP contribution in [0.3, 0.4) is 0 Å². The van der Waals surface area contributed by atoms with Gasteiger partial charge in [-0.25, -0.2) is 9.97 Å². The first-order valence-corrected chi connectivity index (χ1v) is 18.8. The van der Waals surface area contributed by atoms with Crippen molar-refractivity contribution in [2.75, 3.05) is 0 Å². The van der Waals surface area contributed by atoms with E-state index >= 15 is 0 Å². The van der Waals surface area contributed by atoms with Crippen molar-refractivity contribution in [2.45, 2.75) is 124 Å². The molecule has 5 nitrogen and oxygen atoms in total. The van der Waals surface area contributed by atoms with Crippen LogP contribution >= 0.6 is 0 Å². The largest absolute Gasteiger partial charge is 0.441 e. The molecule has 0 fully saturated rings. The normalized spacial score (nSPS) is 12.2. The average molecular weight is 654 g/mol. The number of oxazole rings is 2. The Balaban J connectivity index is 1.42. The van der Waals surface area contributed by atoms with Gasteiger partial charge in [0.05, 0.1) is 5.56 Å². The number of rotatable bonds is 16. The highest BCUT2D eigenvalue weighted by Crippen LogP contribution is 2.33. The predicted octanol–water partition coefficient (Wildman–Crippen LogP) is 11.9. The van der Waals surface area contributed by atoms with Crippen molar-refractivity contribution in [3.63, 3.8) is 0 Å². The van der Waals surface area contributed by atoms with Gasteiger partial charge in [-0.1, -0.05) is 103 Å². The number of nitrogens with zero attached hydrogens (tertiary/aromatic N) is 3. The summed E-state index contributed by atoms with van der Waals surface area (Å²) in [6.07, 6.45) is 21.7. The van der Waals surface area contributed by atoms with Gasteiger partial charge in [0.1, 0.15) is 11.0 Å². The number of aromatic nitrogens is 3. The zero-order valence-corrected chi connectivity index (χ0v) is 30.0. The molecule has 0 aliphatic carbocycles. The summed E-state index contributed by atoms with van der Waals surface area (Å²) in [4.78, 5) is 9.83. The Labute approximate surface area is 291 Å². The Kier molecular flexibility index (Phi) is 11.4. The second kappa shape index (κ2) is 16.3. The summed E-state index contributed by atoms with van der Waals surface area (Å²) in [6.45, 7) is 10.0. The number of fused-ring (bicyclic) bond motifs is 5. The maximum atomic E-state index is 6.41. The van der Waals surface area contributed by atoms with Crippen LogP contribution in [0.25, 0.3) is 44.0 Å². The fourth-order valence-electron chi connectivity index (χ4n) is 7.06. The van der Waals surface area contributed by atoms with Gasteiger partial charge < -0.3 is 13.4 Å². The predicted molar refractivity (Wildman–Crippen MR) is 204 cm³/mol. The van der Waals surface area contributed by atoms with E-state index in [1.54, 1.807) is 0 Å². The van der Waals surface area contributed by atoms with Gasteiger partial charge in [0.2, 0.25) is 0 Å². The highest BCUT2D eigenvalue weighted by atomic mass is 16.4. The summed E-state index contributed by atoms with van der Waals surface area (Å²) >= 11 is 0. The minimum atomic E-state index is 0.630. The van der Waals surface area contributed by atoms with E-state index in [2.05, 4.69) is 86.4 Å². The summed E-state index contributed by atoms with van der Waals surface area (Å²) in [7, 11) is 0. The summed E-state index contributed by atoms with van der Waals surface area (Å²) < 4.78 is 15.2. The molecule has 6 rings (SSSR count). The number of aryl methyl sites for hydroxylation is 2. The van der Waals surface area contributed by atoms with Crippen LogP contribution in [0.15, 0.2) is 51.3 Å². The van der Waals surface area contributed by atoms with Gasteiger partial charge >= 0.3 is 0 Å². The Morgan fingerprint density at radius 1 is 0.714 bits per heavy atom. The zero-order valence-electron chi connectivity index (χ0n) is 30.0.